The Labute approximate surface area is 87.7 Å². The second-order valence-electron chi connectivity index (χ2n) is 3.47. The highest BCUT2D eigenvalue weighted by Gasteiger charge is 2.24. The summed E-state index contributed by atoms with van der Waals surface area (Å²) < 4.78 is 0. The third-order valence-electron chi connectivity index (χ3n) is 2.31. The van der Waals surface area contributed by atoms with Crippen molar-refractivity contribution in [3.63, 3.8) is 0 Å². The van der Waals surface area contributed by atoms with E-state index in [0.29, 0.717) is 5.25 Å². The average Bonchev–Trinajstić information content (AvgIpc) is 2.46. The van der Waals surface area contributed by atoms with Gasteiger partial charge in [0.15, 0.2) is 0 Å². The maximum absolute atomic E-state index is 5.91. The molecule has 0 radical (unpaired) electrons. The van der Waals surface area contributed by atoms with E-state index in [4.69, 9.17) is 17.3 Å². The number of nitrogens with two attached hydrogens (primary N) is 1. The Hall–Kier alpha value is -0.180. The lowest BCUT2D eigenvalue weighted by molar-refractivity contribution is 0.692. The van der Waals surface area contributed by atoms with Crippen molar-refractivity contribution in [2.24, 2.45) is 5.73 Å². The van der Waals surface area contributed by atoms with E-state index in [0.717, 1.165) is 11.4 Å². The second kappa shape index (κ2) is 3.52. The van der Waals surface area contributed by atoms with Gasteiger partial charge in [-0.25, -0.2) is 0 Å². The molecular formula is C10H12ClNS. The zero-order valence-electron chi connectivity index (χ0n) is 7.46. The molecule has 0 saturated heterocycles. The van der Waals surface area contributed by atoms with Crippen molar-refractivity contribution in [1.82, 2.24) is 0 Å². The molecule has 2 rings (SSSR count). The molecule has 0 fully saturated rings. The molecule has 0 aliphatic carbocycles. The van der Waals surface area contributed by atoms with Crippen LogP contribution in [-0.2, 0) is 6.42 Å². The minimum Gasteiger partial charge on any atom is -0.327 e. The highest BCUT2D eigenvalue weighted by atomic mass is 35.5. The molecule has 0 spiro atoms. The van der Waals surface area contributed by atoms with Gasteiger partial charge in [-0.15, -0.1) is 11.8 Å². The fourth-order valence-electron chi connectivity index (χ4n) is 1.54. The van der Waals surface area contributed by atoms with E-state index in [-0.39, 0.29) is 6.04 Å². The Morgan fingerprint density at radius 2 is 2.38 bits per heavy atom. The van der Waals surface area contributed by atoms with Gasteiger partial charge in [-0.3, -0.25) is 0 Å². The van der Waals surface area contributed by atoms with Crippen molar-refractivity contribution < 1.29 is 0 Å². The molecule has 1 aromatic carbocycles. The van der Waals surface area contributed by atoms with Crippen molar-refractivity contribution >= 4 is 23.4 Å². The van der Waals surface area contributed by atoms with Crippen molar-refractivity contribution in [3.05, 3.63) is 28.8 Å². The Bertz CT molecular complexity index is 325. The predicted octanol–water partition coefficient (Wildman–Crippen LogP) is 2.70. The summed E-state index contributed by atoms with van der Waals surface area (Å²) in [6.07, 6.45) is 1.05. The molecule has 0 amide bonds. The fraction of sp³-hybridized carbons (Fsp3) is 0.400. The van der Waals surface area contributed by atoms with E-state index >= 15 is 0 Å². The monoisotopic (exact) mass is 213 g/mol. The molecule has 1 aliphatic rings. The van der Waals surface area contributed by atoms with Crippen molar-refractivity contribution in [2.45, 2.75) is 29.5 Å². The highest BCUT2D eigenvalue weighted by molar-refractivity contribution is 8.00. The van der Waals surface area contributed by atoms with Crippen LogP contribution in [0.1, 0.15) is 12.5 Å². The number of thioether (sulfide) groups is 1. The summed E-state index contributed by atoms with van der Waals surface area (Å²) in [4.78, 5) is 1.34. The summed E-state index contributed by atoms with van der Waals surface area (Å²) >= 11 is 7.78. The van der Waals surface area contributed by atoms with Crippen LogP contribution in [0.25, 0.3) is 0 Å². The number of benzene rings is 1. The van der Waals surface area contributed by atoms with Crippen LogP contribution in [-0.4, -0.2) is 11.3 Å². The van der Waals surface area contributed by atoms with Gasteiger partial charge in [0, 0.05) is 21.2 Å². The summed E-state index contributed by atoms with van der Waals surface area (Å²) in [5.74, 6) is 0. The van der Waals surface area contributed by atoms with Gasteiger partial charge in [0.2, 0.25) is 0 Å². The van der Waals surface area contributed by atoms with E-state index < -0.39 is 0 Å². The van der Waals surface area contributed by atoms with E-state index in [1.54, 1.807) is 0 Å². The van der Waals surface area contributed by atoms with Crippen LogP contribution < -0.4 is 5.73 Å². The van der Waals surface area contributed by atoms with Crippen LogP contribution in [0.2, 0.25) is 5.02 Å². The summed E-state index contributed by atoms with van der Waals surface area (Å²) in [6.45, 7) is 2.06. The van der Waals surface area contributed by atoms with Gasteiger partial charge in [0.05, 0.1) is 0 Å². The Balaban J connectivity index is 2.25. The van der Waals surface area contributed by atoms with Crippen LogP contribution >= 0.6 is 23.4 Å². The molecule has 70 valence electrons. The van der Waals surface area contributed by atoms with E-state index in [1.165, 1.54) is 10.5 Å². The first-order valence-electron chi connectivity index (χ1n) is 4.37. The van der Waals surface area contributed by atoms with Gasteiger partial charge in [-0.05, 0) is 37.1 Å². The van der Waals surface area contributed by atoms with Gasteiger partial charge in [-0.2, -0.15) is 0 Å². The molecular weight excluding hydrogens is 202 g/mol. The Morgan fingerprint density at radius 1 is 1.62 bits per heavy atom. The molecule has 0 aromatic heterocycles. The minimum atomic E-state index is 0.246. The summed E-state index contributed by atoms with van der Waals surface area (Å²) in [5, 5.41) is 1.35. The number of rotatable bonds is 1. The zero-order chi connectivity index (χ0) is 9.42. The summed E-state index contributed by atoms with van der Waals surface area (Å²) in [6, 6.07) is 6.32. The molecule has 0 saturated carbocycles. The average molecular weight is 214 g/mol. The minimum absolute atomic E-state index is 0.246. The van der Waals surface area contributed by atoms with Crippen LogP contribution in [0.15, 0.2) is 23.1 Å². The summed E-state index contributed by atoms with van der Waals surface area (Å²) in [7, 11) is 0. The lowest BCUT2D eigenvalue weighted by atomic mass is 10.1. The molecule has 1 aromatic rings. The van der Waals surface area contributed by atoms with Gasteiger partial charge in [-0.1, -0.05) is 11.6 Å². The third kappa shape index (κ3) is 1.85. The quantitative estimate of drug-likeness (QED) is 0.777. The third-order valence-corrected chi connectivity index (χ3v) is 4.09. The molecule has 3 heteroatoms. The first kappa shape index (κ1) is 9.38. The molecule has 1 aliphatic heterocycles. The normalized spacial score (nSPS) is 22.8. The van der Waals surface area contributed by atoms with E-state index in [9.17, 15) is 0 Å². The van der Waals surface area contributed by atoms with Gasteiger partial charge in [0.25, 0.3) is 0 Å². The predicted molar refractivity (Wildman–Crippen MR) is 58.5 cm³/mol. The molecule has 1 nitrogen and oxygen atoms in total. The molecule has 2 unspecified atom stereocenters. The molecule has 13 heavy (non-hydrogen) atoms. The number of hydrogen-bond donors (Lipinski definition) is 1. The van der Waals surface area contributed by atoms with E-state index in [2.05, 4.69) is 13.0 Å². The Kier molecular flexibility index (Phi) is 2.54. The maximum Gasteiger partial charge on any atom is 0.0409 e. The first-order chi connectivity index (χ1) is 6.16. The lowest BCUT2D eigenvalue weighted by Gasteiger charge is -2.11. The van der Waals surface area contributed by atoms with Crippen LogP contribution in [0.5, 0.6) is 0 Å². The van der Waals surface area contributed by atoms with Gasteiger partial charge >= 0.3 is 0 Å². The fourth-order valence-corrected chi connectivity index (χ4v) is 2.98. The van der Waals surface area contributed by atoms with Gasteiger partial charge in [0.1, 0.15) is 0 Å². The van der Waals surface area contributed by atoms with E-state index in [1.807, 2.05) is 23.9 Å². The number of fused-ring (bicyclic) bond motifs is 1. The van der Waals surface area contributed by atoms with Crippen molar-refractivity contribution in [2.75, 3.05) is 0 Å². The molecule has 1 heterocycles. The number of hydrogen-bond acceptors (Lipinski definition) is 2. The molecule has 2 atom stereocenters. The van der Waals surface area contributed by atoms with Crippen LogP contribution in [0.3, 0.4) is 0 Å². The summed E-state index contributed by atoms with van der Waals surface area (Å²) in [5.41, 5.74) is 7.21. The highest BCUT2D eigenvalue weighted by Crippen LogP contribution is 2.39. The molecule has 2 N–H and O–H groups in total. The smallest absolute Gasteiger partial charge is 0.0409 e. The van der Waals surface area contributed by atoms with Crippen LogP contribution in [0, 0.1) is 0 Å². The first-order valence-corrected chi connectivity index (χ1v) is 5.63. The SMILES string of the molecule is CC(N)C1Cc2cc(Cl)ccc2S1. The zero-order valence-corrected chi connectivity index (χ0v) is 9.03. The topological polar surface area (TPSA) is 26.0 Å². The lowest BCUT2D eigenvalue weighted by Crippen LogP contribution is -2.28. The number of halogens is 1. The molecule has 0 bridgehead atoms. The Morgan fingerprint density at radius 3 is 3.08 bits per heavy atom. The van der Waals surface area contributed by atoms with Gasteiger partial charge < -0.3 is 5.73 Å². The van der Waals surface area contributed by atoms with Crippen molar-refractivity contribution in [1.29, 1.82) is 0 Å². The largest absolute Gasteiger partial charge is 0.327 e. The van der Waals surface area contributed by atoms with Crippen LogP contribution in [0.4, 0.5) is 0 Å². The second-order valence-corrected chi connectivity index (χ2v) is 5.19. The maximum atomic E-state index is 5.91. The standard InChI is InChI=1S/C10H12ClNS/c1-6(12)10-5-7-4-8(11)2-3-9(7)13-10/h2-4,6,10H,5,12H2,1H3. The van der Waals surface area contributed by atoms with Crippen molar-refractivity contribution in [3.8, 4) is 0 Å².